The van der Waals surface area contributed by atoms with E-state index < -0.39 is 11.4 Å². The van der Waals surface area contributed by atoms with E-state index in [4.69, 9.17) is 0 Å². The number of hydrogen-bond acceptors (Lipinski definition) is 4. The lowest BCUT2D eigenvalue weighted by Gasteiger charge is -2.72. The molecule has 6 nitrogen and oxygen atoms in total. The van der Waals surface area contributed by atoms with Crippen LogP contribution in [0.1, 0.15) is 54.6 Å². The fourth-order valence-electron chi connectivity index (χ4n) is 7.04. The van der Waals surface area contributed by atoms with Crippen molar-refractivity contribution in [3.8, 4) is 11.1 Å². The van der Waals surface area contributed by atoms with Gasteiger partial charge in [0.1, 0.15) is 0 Å². The summed E-state index contributed by atoms with van der Waals surface area (Å²) in [5.74, 6) is -0.483. The zero-order chi connectivity index (χ0) is 24.5. The number of fused-ring (bicyclic) bond motifs is 1. The van der Waals surface area contributed by atoms with E-state index in [1.807, 2.05) is 55.0 Å². The number of pyridine rings is 2. The van der Waals surface area contributed by atoms with E-state index in [-0.39, 0.29) is 16.6 Å². The fourth-order valence-corrected chi connectivity index (χ4v) is 7.04. The number of carbonyl (C=O) groups is 2. The van der Waals surface area contributed by atoms with Crippen LogP contribution in [0.4, 0.5) is 0 Å². The lowest BCUT2D eigenvalue weighted by molar-refractivity contribution is -0.248. The first-order valence-corrected chi connectivity index (χ1v) is 12.6. The Hall–Kier alpha value is -3.80. The van der Waals surface area contributed by atoms with Crippen molar-refractivity contribution >= 4 is 22.7 Å². The molecule has 3 heterocycles. The molecule has 4 aromatic rings. The van der Waals surface area contributed by atoms with E-state index in [9.17, 15) is 14.7 Å². The highest BCUT2D eigenvalue weighted by atomic mass is 16.4. The molecule has 0 radical (unpaired) electrons. The highest BCUT2D eigenvalue weighted by Gasteiger charge is 2.80. The standard InChI is InChI=1S/C30H27N3O3/c34-25(13-29(9-10-29)30-17-28(18-30,19-30)27(35)36)24-5-1-3-20-8-12-33(26(20)24)16-23-7-6-22(15-32-23)21-4-2-11-31-14-21/h1-8,11-12,14-15H,9-10,13,16-19H2,(H,35,36). The van der Waals surface area contributed by atoms with E-state index in [0.29, 0.717) is 13.0 Å². The number of benzene rings is 1. The summed E-state index contributed by atoms with van der Waals surface area (Å²) in [7, 11) is 0. The second-order valence-corrected chi connectivity index (χ2v) is 11.2. The fraction of sp³-hybridized carbons (Fsp3) is 0.333. The summed E-state index contributed by atoms with van der Waals surface area (Å²) in [6, 6.07) is 16.0. The molecular formula is C30H27N3O3. The predicted octanol–water partition coefficient (Wildman–Crippen LogP) is 5.75. The Morgan fingerprint density at radius 2 is 1.75 bits per heavy atom. The summed E-state index contributed by atoms with van der Waals surface area (Å²) in [6.45, 7) is 0.581. The zero-order valence-corrected chi connectivity index (χ0v) is 20.0. The van der Waals surface area contributed by atoms with Crippen molar-refractivity contribution in [3.05, 3.63) is 84.6 Å². The third-order valence-corrected chi connectivity index (χ3v) is 9.20. The first-order chi connectivity index (χ1) is 17.4. The van der Waals surface area contributed by atoms with Gasteiger partial charge in [0.05, 0.1) is 23.2 Å². The van der Waals surface area contributed by atoms with Crippen molar-refractivity contribution in [2.75, 3.05) is 0 Å². The molecule has 3 aromatic heterocycles. The Morgan fingerprint density at radius 1 is 0.944 bits per heavy atom. The maximum absolute atomic E-state index is 13.7. The number of nitrogens with zero attached hydrogens (tertiary/aromatic N) is 3. The first kappa shape index (κ1) is 21.5. The van der Waals surface area contributed by atoms with Crippen LogP contribution in [0.25, 0.3) is 22.0 Å². The van der Waals surface area contributed by atoms with Gasteiger partial charge in [0.2, 0.25) is 0 Å². The van der Waals surface area contributed by atoms with Crippen LogP contribution in [0, 0.1) is 16.2 Å². The number of hydrogen-bond donors (Lipinski definition) is 1. The first-order valence-electron chi connectivity index (χ1n) is 12.6. The van der Waals surface area contributed by atoms with Crippen molar-refractivity contribution in [3.63, 3.8) is 0 Å². The molecule has 0 unspecified atom stereocenters. The zero-order valence-electron chi connectivity index (χ0n) is 20.0. The quantitative estimate of drug-likeness (QED) is 0.326. The third kappa shape index (κ3) is 3.03. The van der Waals surface area contributed by atoms with Crippen LogP contribution < -0.4 is 0 Å². The third-order valence-electron chi connectivity index (χ3n) is 9.20. The SMILES string of the molecule is O=C(CC1(C23CC(C(=O)O)(C2)C3)CC1)c1cccc2ccn(Cc3ccc(-c4cccnc4)cn3)c12. The Labute approximate surface area is 209 Å². The topological polar surface area (TPSA) is 85.1 Å². The van der Waals surface area contributed by atoms with Crippen LogP contribution >= 0.6 is 0 Å². The van der Waals surface area contributed by atoms with Crippen molar-refractivity contribution in [1.29, 1.82) is 0 Å². The molecule has 4 fully saturated rings. The van der Waals surface area contributed by atoms with E-state index >= 15 is 0 Å². The van der Waals surface area contributed by atoms with Crippen LogP contribution in [-0.2, 0) is 11.3 Å². The van der Waals surface area contributed by atoms with Crippen molar-refractivity contribution in [2.24, 2.45) is 16.2 Å². The van der Waals surface area contributed by atoms with E-state index in [0.717, 1.165) is 65.4 Å². The minimum absolute atomic E-state index is 0.00452. The summed E-state index contributed by atoms with van der Waals surface area (Å²) in [5, 5.41) is 10.6. The van der Waals surface area contributed by atoms with Gasteiger partial charge >= 0.3 is 5.97 Å². The highest BCUT2D eigenvalue weighted by molar-refractivity contribution is 6.07. The largest absolute Gasteiger partial charge is 0.481 e. The molecule has 0 saturated heterocycles. The summed E-state index contributed by atoms with van der Waals surface area (Å²) >= 11 is 0. The van der Waals surface area contributed by atoms with Gasteiger partial charge in [-0.25, -0.2) is 0 Å². The normalized spacial score (nSPS) is 25.1. The summed E-state index contributed by atoms with van der Waals surface area (Å²) in [5.41, 5.74) is 4.28. The van der Waals surface area contributed by atoms with Crippen molar-refractivity contribution in [1.82, 2.24) is 14.5 Å². The van der Waals surface area contributed by atoms with Crippen LogP contribution in [0.15, 0.2) is 73.3 Å². The number of rotatable bonds is 8. The van der Waals surface area contributed by atoms with Crippen LogP contribution in [0.2, 0.25) is 0 Å². The number of para-hydroxylation sites is 1. The summed E-state index contributed by atoms with van der Waals surface area (Å²) in [4.78, 5) is 34.1. The van der Waals surface area contributed by atoms with Gasteiger partial charge in [0, 0.05) is 53.3 Å². The predicted molar refractivity (Wildman–Crippen MR) is 135 cm³/mol. The molecular weight excluding hydrogens is 450 g/mol. The number of aliphatic carboxylic acids is 1. The number of carbonyl (C=O) groups excluding carboxylic acids is 1. The molecule has 1 aromatic carbocycles. The van der Waals surface area contributed by atoms with Crippen molar-refractivity contribution in [2.45, 2.75) is 45.1 Å². The van der Waals surface area contributed by atoms with Gasteiger partial charge in [-0.15, -0.1) is 0 Å². The van der Waals surface area contributed by atoms with E-state index in [1.165, 1.54) is 0 Å². The number of carboxylic acids is 1. The Bertz CT molecular complexity index is 1500. The molecule has 36 heavy (non-hydrogen) atoms. The number of aromatic nitrogens is 3. The molecule has 1 N–H and O–H groups in total. The van der Waals surface area contributed by atoms with Crippen LogP contribution in [-0.4, -0.2) is 31.4 Å². The van der Waals surface area contributed by atoms with Gasteiger partial charge in [0.25, 0.3) is 0 Å². The van der Waals surface area contributed by atoms with Gasteiger partial charge in [-0.1, -0.05) is 24.3 Å². The Balaban J connectivity index is 1.13. The van der Waals surface area contributed by atoms with Gasteiger partial charge in [-0.05, 0) is 67.2 Å². The molecule has 0 aliphatic heterocycles. The van der Waals surface area contributed by atoms with Gasteiger partial charge in [0.15, 0.2) is 5.78 Å². The number of Topliss-reactive ketones (excluding diaryl/α,β-unsaturated/α-hetero) is 1. The monoisotopic (exact) mass is 477 g/mol. The summed E-state index contributed by atoms with van der Waals surface area (Å²) < 4.78 is 2.12. The molecule has 0 amide bonds. The molecule has 4 saturated carbocycles. The number of carboxylic acid groups (broad SMARTS) is 1. The molecule has 4 aliphatic rings. The minimum atomic E-state index is -0.656. The van der Waals surface area contributed by atoms with Gasteiger partial charge in [-0.3, -0.25) is 19.6 Å². The molecule has 6 heteroatoms. The average molecular weight is 478 g/mol. The molecule has 4 aliphatic carbocycles. The highest BCUT2D eigenvalue weighted by Crippen LogP contribution is 2.85. The van der Waals surface area contributed by atoms with E-state index in [1.54, 1.807) is 6.20 Å². The molecule has 0 spiro atoms. The lowest BCUT2D eigenvalue weighted by Crippen LogP contribution is -2.69. The second-order valence-electron chi connectivity index (χ2n) is 11.2. The molecule has 2 bridgehead atoms. The minimum Gasteiger partial charge on any atom is -0.481 e. The number of ketones is 1. The summed E-state index contributed by atoms with van der Waals surface area (Å²) in [6.07, 6.45) is 12.3. The molecule has 180 valence electrons. The second kappa shape index (κ2) is 7.36. The van der Waals surface area contributed by atoms with Gasteiger partial charge < -0.3 is 9.67 Å². The van der Waals surface area contributed by atoms with E-state index in [2.05, 4.69) is 26.7 Å². The van der Waals surface area contributed by atoms with Gasteiger partial charge in [-0.2, -0.15) is 0 Å². The Morgan fingerprint density at radius 3 is 2.42 bits per heavy atom. The lowest BCUT2D eigenvalue weighted by atomic mass is 9.30. The van der Waals surface area contributed by atoms with Crippen LogP contribution in [0.5, 0.6) is 0 Å². The van der Waals surface area contributed by atoms with Crippen LogP contribution in [0.3, 0.4) is 0 Å². The van der Waals surface area contributed by atoms with Crippen molar-refractivity contribution < 1.29 is 14.7 Å². The smallest absolute Gasteiger partial charge is 0.309 e. The maximum atomic E-state index is 13.7. The molecule has 8 rings (SSSR count). The average Bonchev–Trinajstić information content (AvgIpc) is 3.48. The molecule has 0 atom stereocenters. The Kier molecular flexibility index (Phi) is 4.39. The maximum Gasteiger partial charge on any atom is 0.309 e.